The van der Waals surface area contributed by atoms with Crippen LogP contribution in [0.1, 0.15) is 113 Å². The largest absolute Gasteiger partial charge is 0.432 e. The monoisotopic (exact) mass is 1370 g/mol. The van der Waals surface area contributed by atoms with Crippen molar-refractivity contribution in [3.8, 4) is 0 Å². The van der Waals surface area contributed by atoms with Crippen molar-refractivity contribution in [1.82, 2.24) is 0 Å². The molecule has 38 atom stereocenters. The van der Waals surface area contributed by atoms with Crippen LogP contribution < -0.4 is 0 Å². The first-order valence-electron chi connectivity index (χ1n) is 33.7. The molecule has 6 aliphatic heterocycles. The van der Waals surface area contributed by atoms with Gasteiger partial charge in [-0.2, -0.15) is 0 Å². The SMILES string of the molecule is C[C@@H]1O[C@@H](O[C@H]2[C@H](OC(=O)[C@]34CC[C@@H](C)[C@@](C)(O)[C@@H]3C3=CC[C@@H]5[C@@]6(C)CC[C@H](O[C@@H]7OC[C@H](O)[C@H](O[C@@H]8O[C@H](CO)[C@@H](O)[C@H](O)[C@H]8O)[C@H]7O[C@@H]7O[C@H](CO)[C@@H](O)[C@H](O)[C@H]7O)C(C)(C)[C@H]6CC[C@@]5(C)[C@]3(C)CC4)O[C@H](CO[C@@H]3OC[C@@H](O)[C@H](O)[C@H]3O)[C@@H](O)[C@@H]2O)[C@H](O)[C@H](O)[C@H]1O. The highest BCUT2D eigenvalue weighted by atomic mass is 16.8. The standard InChI is InChI=1S/C64H104O31/c1-24-11-16-64(58(82)95-57-49(93-53-45(79)40(74)35(69)25(2)87-53)43(77)39(73)31(90-57)23-86-52-44(78)36(70)27(67)21-84-52)18-17-61(6)26(51(64)63(24,8)83)9-10-33-60(5)14-13-34(59(3,4)32(60)12-15-62(33,61)7)91-56-50(94-55-47(81)42(76)38(72)30(20-66)89-55)48(28(68)22-85-56)92-54-46(80)41(75)37(71)29(19-65)88-54/h9,24-25,27-57,65-81,83H,10-23H2,1-8H3/t24-,25+,27-,28+,29-,30-,31-,32-,33-,34+,35+,36+,37-,38-,39-,40-,41+,42+,43+,44-,45-,46-,47-,48+,49-,50-,51+,52+,53+,54+,55+,56+,57+,60+,61-,62-,63-,64+/m1/s1. The van der Waals surface area contributed by atoms with Crippen molar-refractivity contribution in [2.45, 2.75) is 297 Å². The third-order valence-corrected chi connectivity index (χ3v) is 25.2. The first-order valence-corrected chi connectivity index (χ1v) is 33.7. The summed E-state index contributed by atoms with van der Waals surface area (Å²) in [5, 5.41) is 197. The van der Waals surface area contributed by atoms with Crippen LogP contribution in [0.2, 0.25) is 0 Å². The van der Waals surface area contributed by atoms with E-state index in [9.17, 15) is 91.9 Å². The Hall–Kier alpha value is -1.95. The Balaban J connectivity index is 0.861. The van der Waals surface area contributed by atoms with Gasteiger partial charge in [-0.15, -0.1) is 0 Å². The summed E-state index contributed by atoms with van der Waals surface area (Å²) < 4.78 is 72.8. The Bertz CT molecular complexity index is 2670. The lowest BCUT2D eigenvalue weighted by molar-refractivity contribution is -0.389. The Morgan fingerprint density at radius 3 is 1.66 bits per heavy atom. The van der Waals surface area contributed by atoms with Crippen LogP contribution in [-0.2, 0) is 61.6 Å². The number of carbonyl (C=O) groups is 1. The topological polar surface area (TPSA) is 492 Å². The number of aliphatic hydroxyl groups is 18. The molecule has 0 radical (unpaired) electrons. The van der Waals surface area contributed by atoms with Crippen molar-refractivity contribution in [2.75, 3.05) is 33.0 Å². The molecule has 0 spiro atoms. The molecule has 11 aliphatic rings. The van der Waals surface area contributed by atoms with E-state index in [0.29, 0.717) is 44.9 Å². The van der Waals surface area contributed by atoms with E-state index < -0.39 is 250 Å². The number of hydrogen-bond donors (Lipinski definition) is 18. The summed E-state index contributed by atoms with van der Waals surface area (Å²) in [6.45, 7) is 13.0. The molecule has 0 amide bonds. The van der Waals surface area contributed by atoms with Crippen molar-refractivity contribution in [3.05, 3.63) is 11.6 Å². The Morgan fingerprint density at radius 2 is 1.04 bits per heavy atom. The molecule has 6 saturated heterocycles. The van der Waals surface area contributed by atoms with Crippen molar-refractivity contribution >= 4 is 5.97 Å². The second-order valence-corrected chi connectivity index (χ2v) is 30.7. The molecule has 546 valence electrons. The molecule has 4 saturated carbocycles. The van der Waals surface area contributed by atoms with Gasteiger partial charge in [-0.1, -0.05) is 53.2 Å². The quantitative estimate of drug-likeness (QED) is 0.0414. The molecule has 0 aromatic heterocycles. The van der Waals surface area contributed by atoms with E-state index in [1.165, 1.54) is 6.92 Å². The molecule has 10 fully saturated rings. The number of allylic oxidation sites excluding steroid dienone is 1. The highest BCUT2D eigenvalue weighted by molar-refractivity contribution is 5.79. The number of hydrogen-bond acceptors (Lipinski definition) is 31. The fraction of sp³-hybridized carbons (Fsp3) is 0.953. The van der Waals surface area contributed by atoms with Gasteiger partial charge < -0.3 is 149 Å². The van der Waals surface area contributed by atoms with E-state index in [1.54, 1.807) is 6.92 Å². The van der Waals surface area contributed by atoms with Gasteiger partial charge in [0.05, 0.1) is 56.3 Å². The zero-order valence-electron chi connectivity index (χ0n) is 54.9. The van der Waals surface area contributed by atoms with E-state index in [4.69, 9.17) is 56.8 Å². The number of ether oxygens (including phenoxy) is 12. The van der Waals surface area contributed by atoms with Gasteiger partial charge in [0.25, 0.3) is 0 Å². The van der Waals surface area contributed by atoms with Gasteiger partial charge in [0.15, 0.2) is 37.6 Å². The van der Waals surface area contributed by atoms with Crippen LogP contribution in [0.4, 0.5) is 0 Å². The number of carbonyl (C=O) groups excluding carboxylic acids is 1. The maximum Gasteiger partial charge on any atom is 0.315 e. The zero-order valence-corrected chi connectivity index (χ0v) is 54.9. The van der Waals surface area contributed by atoms with E-state index >= 15 is 4.79 Å². The average Bonchev–Trinajstić information content (AvgIpc) is 0.673. The molecule has 0 bridgehead atoms. The van der Waals surface area contributed by atoms with Gasteiger partial charge in [-0.05, 0) is 111 Å². The Morgan fingerprint density at radius 1 is 0.505 bits per heavy atom. The summed E-state index contributed by atoms with van der Waals surface area (Å²) in [7, 11) is 0. The van der Waals surface area contributed by atoms with Gasteiger partial charge in [-0.3, -0.25) is 4.79 Å². The molecule has 95 heavy (non-hydrogen) atoms. The molecule has 11 rings (SSSR count). The number of aliphatic hydroxyl groups excluding tert-OH is 17. The fourth-order valence-electron chi connectivity index (χ4n) is 19.0. The molecule has 0 aromatic rings. The van der Waals surface area contributed by atoms with Crippen LogP contribution >= 0.6 is 0 Å². The molecular weight excluding hydrogens is 1260 g/mol. The van der Waals surface area contributed by atoms with Crippen LogP contribution in [0, 0.1) is 50.7 Å². The highest BCUT2D eigenvalue weighted by Crippen LogP contribution is 2.76. The molecule has 31 nitrogen and oxygen atoms in total. The number of esters is 1. The minimum absolute atomic E-state index is 0.0153. The second kappa shape index (κ2) is 27.7. The van der Waals surface area contributed by atoms with E-state index in [1.807, 2.05) is 6.92 Å². The number of rotatable bonds is 15. The van der Waals surface area contributed by atoms with E-state index in [2.05, 4.69) is 40.7 Å². The summed E-state index contributed by atoms with van der Waals surface area (Å²) in [5.41, 5.74) is -4.20. The van der Waals surface area contributed by atoms with Gasteiger partial charge in [0, 0.05) is 5.92 Å². The first kappa shape index (κ1) is 74.2. The average molecular weight is 1370 g/mol. The van der Waals surface area contributed by atoms with Gasteiger partial charge in [0.1, 0.15) is 122 Å². The van der Waals surface area contributed by atoms with Crippen LogP contribution in [0.25, 0.3) is 0 Å². The van der Waals surface area contributed by atoms with Crippen LogP contribution in [0.3, 0.4) is 0 Å². The van der Waals surface area contributed by atoms with Crippen molar-refractivity contribution < 1.29 is 154 Å². The van der Waals surface area contributed by atoms with Crippen molar-refractivity contribution in [2.24, 2.45) is 50.7 Å². The predicted octanol–water partition coefficient (Wildman–Crippen LogP) is -5.11. The summed E-state index contributed by atoms with van der Waals surface area (Å²) in [6.07, 6.45) is -41.4. The molecule has 0 aromatic carbocycles. The smallest absolute Gasteiger partial charge is 0.315 e. The van der Waals surface area contributed by atoms with E-state index in [0.717, 1.165) is 5.57 Å². The summed E-state index contributed by atoms with van der Waals surface area (Å²) >= 11 is 0. The Kier molecular flexibility index (Phi) is 21.6. The minimum atomic E-state index is -1.99. The maximum atomic E-state index is 15.8. The van der Waals surface area contributed by atoms with Crippen LogP contribution in [0.5, 0.6) is 0 Å². The van der Waals surface area contributed by atoms with Gasteiger partial charge in [-0.25, -0.2) is 0 Å². The normalized spacial score (nSPS) is 55.6. The lowest BCUT2D eigenvalue weighted by Gasteiger charge is -2.72. The van der Waals surface area contributed by atoms with E-state index in [-0.39, 0.29) is 36.0 Å². The van der Waals surface area contributed by atoms with Gasteiger partial charge >= 0.3 is 5.97 Å². The highest BCUT2D eigenvalue weighted by Gasteiger charge is 2.73. The molecule has 18 N–H and O–H groups in total. The molecule has 31 heteroatoms. The molecular formula is C64H104O31. The fourth-order valence-corrected chi connectivity index (χ4v) is 19.0. The summed E-state index contributed by atoms with van der Waals surface area (Å²) in [4.78, 5) is 15.8. The molecule has 6 heterocycles. The zero-order chi connectivity index (χ0) is 69.3. The summed E-state index contributed by atoms with van der Waals surface area (Å²) in [5.74, 6) is -2.01. The predicted molar refractivity (Wildman–Crippen MR) is 316 cm³/mol. The molecule has 0 unspecified atom stereocenters. The van der Waals surface area contributed by atoms with Crippen LogP contribution in [0.15, 0.2) is 11.6 Å². The third kappa shape index (κ3) is 12.5. The van der Waals surface area contributed by atoms with Gasteiger partial charge in [0.2, 0.25) is 6.29 Å². The first-order chi connectivity index (χ1) is 44.5. The van der Waals surface area contributed by atoms with Crippen molar-refractivity contribution in [1.29, 1.82) is 0 Å². The lowest BCUT2D eigenvalue weighted by atomic mass is 9.33. The second-order valence-electron chi connectivity index (χ2n) is 30.7. The third-order valence-electron chi connectivity index (χ3n) is 25.2. The lowest BCUT2D eigenvalue weighted by Crippen LogP contribution is -2.69. The number of fused-ring (bicyclic) bond motifs is 7. The minimum Gasteiger partial charge on any atom is -0.432 e. The van der Waals surface area contributed by atoms with Crippen molar-refractivity contribution in [3.63, 3.8) is 0 Å². The molecule has 5 aliphatic carbocycles. The Labute approximate surface area is 550 Å². The maximum absolute atomic E-state index is 15.8. The summed E-state index contributed by atoms with van der Waals surface area (Å²) in [6, 6.07) is 0. The van der Waals surface area contributed by atoms with Crippen LogP contribution in [-0.4, -0.2) is 315 Å².